The van der Waals surface area contributed by atoms with Crippen molar-refractivity contribution in [3.8, 4) is 0 Å². The van der Waals surface area contributed by atoms with E-state index >= 15 is 0 Å². The van der Waals surface area contributed by atoms with Crippen LogP contribution in [0, 0.1) is 13.8 Å². The lowest BCUT2D eigenvalue weighted by Crippen LogP contribution is -2.15. The molecule has 2 nitrogen and oxygen atoms in total. The monoisotopic (exact) mass is 373 g/mol. The third-order valence-electron chi connectivity index (χ3n) is 3.49. The fourth-order valence-corrected chi connectivity index (χ4v) is 2.99. The molecule has 2 rings (SSSR count). The van der Waals surface area contributed by atoms with Crippen LogP contribution < -0.4 is 5.32 Å². The van der Waals surface area contributed by atoms with Gasteiger partial charge in [-0.2, -0.15) is 13.2 Å². The number of nitrogens with one attached hydrogen (secondary N) is 1. The smallest absolute Gasteiger partial charge is 0.325 e. The Bertz CT molecular complexity index is 762. The predicted molar refractivity (Wildman–Crippen MR) is 91.7 cm³/mol. The van der Waals surface area contributed by atoms with E-state index in [-0.39, 0.29) is 16.7 Å². The van der Waals surface area contributed by atoms with Crippen molar-refractivity contribution in [2.24, 2.45) is 0 Å². The van der Waals surface area contributed by atoms with Gasteiger partial charge in [0.2, 0.25) is 5.91 Å². The number of carbonyl (C=O) groups is 1. The molecular formula is C17H15ClF3NOS. The summed E-state index contributed by atoms with van der Waals surface area (Å²) in [6.07, 6.45) is -4.52. The maximum atomic E-state index is 12.8. The first kappa shape index (κ1) is 18.7. The molecular weight excluding hydrogens is 359 g/mol. The van der Waals surface area contributed by atoms with E-state index in [0.717, 1.165) is 29.0 Å². The van der Waals surface area contributed by atoms with E-state index in [0.29, 0.717) is 10.6 Å². The van der Waals surface area contributed by atoms with Crippen molar-refractivity contribution in [2.75, 3.05) is 11.1 Å². The summed E-state index contributed by atoms with van der Waals surface area (Å²) in [5.41, 5.74) is 1.81. The molecule has 128 valence electrons. The lowest BCUT2D eigenvalue weighted by atomic mass is 10.1. The second kappa shape index (κ2) is 7.49. The number of rotatable bonds is 4. The Labute approximate surface area is 147 Å². The molecule has 0 unspecified atom stereocenters. The highest BCUT2D eigenvalue weighted by molar-refractivity contribution is 8.00. The molecule has 0 aliphatic heterocycles. The standard InChI is InChI=1S/C17H15ClF3NOS/c1-10-4-3-5-15(11(10)2)22-16(23)9-24-12-6-7-14(18)13(8-12)17(19,20)21/h3-8H,9H2,1-2H3,(H,22,23). The summed E-state index contributed by atoms with van der Waals surface area (Å²) in [4.78, 5) is 12.4. The van der Waals surface area contributed by atoms with Gasteiger partial charge in [0.1, 0.15) is 0 Å². The Morgan fingerprint density at radius 1 is 1.21 bits per heavy atom. The van der Waals surface area contributed by atoms with Crippen LogP contribution in [0.4, 0.5) is 18.9 Å². The van der Waals surface area contributed by atoms with Crippen molar-refractivity contribution >= 4 is 35.0 Å². The van der Waals surface area contributed by atoms with Crippen LogP contribution >= 0.6 is 23.4 Å². The van der Waals surface area contributed by atoms with Crippen molar-refractivity contribution in [3.63, 3.8) is 0 Å². The molecule has 0 bridgehead atoms. The van der Waals surface area contributed by atoms with Crippen LogP contribution in [0.1, 0.15) is 16.7 Å². The van der Waals surface area contributed by atoms with E-state index in [1.807, 2.05) is 26.0 Å². The average Bonchev–Trinajstić information content (AvgIpc) is 2.50. The van der Waals surface area contributed by atoms with Crippen molar-refractivity contribution in [2.45, 2.75) is 24.9 Å². The zero-order valence-electron chi connectivity index (χ0n) is 13.0. The molecule has 0 heterocycles. The number of alkyl halides is 3. The third kappa shape index (κ3) is 4.68. The summed E-state index contributed by atoms with van der Waals surface area (Å²) in [6, 6.07) is 9.17. The Morgan fingerprint density at radius 2 is 1.92 bits per heavy atom. The highest BCUT2D eigenvalue weighted by Crippen LogP contribution is 2.37. The van der Waals surface area contributed by atoms with Crippen LogP contribution in [0.5, 0.6) is 0 Å². The number of carbonyl (C=O) groups excluding carboxylic acids is 1. The summed E-state index contributed by atoms with van der Waals surface area (Å²) in [5, 5.41) is 2.41. The first-order valence-corrected chi connectivity index (χ1v) is 8.40. The number of halogens is 4. The number of amides is 1. The summed E-state index contributed by atoms with van der Waals surface area (Å²) < 4.78 is 38.5. The number of thioether (sulfide) groups is 1. The molecule has 1 N–H and O–H groups in total. The van der Waals surface area contributed by atoms with E-state index < -0.39 is 11.7 Å². The van der Waals surface area contributed by atoms with Gasteiger partial charge in [-0.25, -0.2) is 0 Å². The van der Waals surface area contributed by atoms with Crippen molar-refractivity contribution in [1.29, 1.82) is 0 Å². The van der Waals surface area contributed by atoms with E-state index in [4.69, 9.17) is 11.6 Å². The third-order valence-corrected chi connectivity index (χ3v) is 4.82. The molecule has 0 saturated carbocycles. The Morgan fingerprint density at radius 3 is 2.58 bits per heavy atom. The molecule has 7 heteroatoms. The average molecular weight is 374 g/mol. The van der Waals surface area contributed by atoms with E-state index in [1.165, 1.54) is 12.1 Å². The number of benzene rings is 2. The highest BCUT2D eigenvalue weighted by atomic mass is 35.5. The Kier molecular flexibility index (Phi) is 5.83. The lowest BCUT2D eigenvalue weighted by Gasteiger charge is -2.12. The number of aryl methyl sites for hydroxylation is 1. The predicted octanol–water partition coefficient (Wildman–Crippen LogP) is 5.71. The molecule has 0 atom stereocenters. The molecule has 24 heavy (non-hydrogen) atoms. The topological polar surface area (TPSA) is 29.1 Å². The summed E-state index contributed by atoms with van der Waals surface area (Å²) in [5.74, 6) is -0.274. The van der Waals surface area contributed by atoms with Crippen LogP contribution in [0.3, 0.4) is 0 Å². The van der Waals surface area contributed by atoms with Crippen molar-refractivity contribution < 1.29 is 18.0 Å². The first-order chi connectivity index (χ1) is 11.2. The van der Waals surface area contributed by atoms with Gasteiger partial charge < -0.3 is 5.32 Å². The van der Waals surface area contributed by atoms with Crippen LogP contribution in [-0.4, -0.2) is 11.7 Å². The normalized spacial score (nSPS) is 11.4. The molecule has 0 fully saturated rings. The molecule has 0 aromatic heterocycles. The van der Waals surface area contributed by atoms with Crippen LogP contribution in [0.25, 0.3) is 0 Å². The van der Waals surface area contributed by atoms with Crippen LogP contribution in [0.2, 0.25) is 5.02 Å². The minimum absolute atomic E-state index is 0.00626. The molecule has 2 aromatic rings. The van der Waals surface area contributed by atoms with Gasteiger partial charge in [0.15, 0.2) is 0 Å². The van der Waals surface area contributed by atoms with Crippen molar-refractivity contribution in [1.82, 2.24) is 0 Å². The van der Waals surface area contributed by atoms with Crippen molar-refractivity contribution in [3.05, 3.63) is 58.1 Å². The number of hydrogen-bond donors (Lipinski definition) is 1. The molecule has 0 spiro atoms. The van der Waals surface area contributed by atoms with Gasteiger partial charge in [0.25, 0.3) is 0 Å². The minimum Gasteiger partial charge on any atom is -0.325 e. The second-order valence-electron chi connectivity index (χ2n) is 5.22. The number of hydrogen-bond acceptors (Lipinski definition) is 2. The molecule has 0 aliphatic carbocycles. The van der Waals surface area contributed by atoms with Gasteiger partial charge in [-0.15, -0.1) is 11.8 Å². The Balaban J connectivity index is 2.03. The Hall–Kier alpha value is -1.66. The van der Waals surface area contributed by atoms with Gasteiger partial charge >= 0.3 is 6.18 Å². The maximum Gasteiger partial charge on any atom is 0.417 e. The number of anilines is 1. The molecule has 2 aromatic carbocycles. The van der Waals surface area contributed by atoms with Gasteiger partial charge in [0, 0.05) is 10.6 Å². The molecule has 0 saturated heterocycles. The lowest BCUT2D eigenvalue weighted by molar-refractivity contribution is -0.137. The first-order valence-electron chi connectivity index (χ1n) is 7.04. The van der Waals surface area contributed by atoms with E-state index in [2.05, 4.69) is 5.32 Å². The van der Waals surface area contributed by atoms with E-state index in [9.17, 15) is 18.0 Å². The van der Waals surface area contributed by atoms with Crippen LogP contribution in [0.15, 0.2) is 41.3 Å². The van der Waals surface area contributed by atoms with Gasteiger partial charge in [-0.05, 0) is 49.2 Å². The summed E-state index contributed by atoms with van der Waals surface area (Å²) in [6.45, 7) is 3.83. The SMILES string of the molecule is Cc1cccc(NC(=O)CSc2ccc(Cl)c(C(F)(F)F)c2)c1C. The van der Waals surface area contributed by atoms with Gasteiger partial charge in [-0.1, -0.05) is 23.7 Å². The minimum atomic E-state index is -4.52. The highest BCUT2D eigenvalue weighted by Gasteiger charge is 2.33. The fraction of sp³-hybridized carbons (Fsp3) is 0.235. The quantitative estimate of drug-likeness (QED) is 0.696. The van der Waals surface area contributed by atoms with E-state index in [1.54, 1.807) is 6.07 Å². The van der Waals surface area contributed by atoms with Crippen LogP contribution in [-0.2, 0) is 11.0 Å². The van der Waals surface area contributed by atoms with Gasteiger partial charge in [-0.3, -0.25) is 4.79 Å². The largest absolute Gasteiger partial charge is 0.417 e. The molecule has 0 aliphatic rings. The second-order valence-corrected chi connectivity index (χ2v) is 6.68. The zero-order valence-corrected chi connectivity index (χ0v) is 14.6. The fourth-order valence-electron chi connectivity index (χ4n) is 2.03. The van der Waals surface area contributed by atoms with Gasteiger partial charge in [0.05, 0.1) is 16.3 Å². The summed E-state index contributed by atoms with van der Waals surface area (Å²) in [7, 11) is 0. The summed E-state index contributed by atoms with van der Waals surface area (Å²) >= 11 is 6.60. The maximum absolute atomic E-state index is 12.8. The molecule has 0 radical (unpaired) electrons. The zero-order chi connectivity index (χ0) is 17.9. The molecule has 1 amide bonds.